The fourth-order valence-corrected chi connectivity index (χ4v) is 2.80. The molecule has 1 nitrogen and oxygen atoms in total. The Morgan fingerprint density at radius 1 is 1.09 bits per heavy atom. The van der Waals surface area contributed by atoms with Crippen LogP contribution in [0.5, 0.6) is 0 Å². The first-order chi connectivity index (χ1) is 9.86. The van der Waals surface area contributed by atoms with Crippen LogP contribution in [-0.2, 0) is 4.79 Å². The summed E-state index contributed by atoms with van der Waals surface area (Å²) in [5.74, 6) is 0. The fraction of sp³-hybridized carbons (Fsp3) is 0.450. The number of carbonyl (C=O) groups excluding carboxylic acids is 1. The minimum absolute atomic E-state index is 0. The second-order valence-electron chi connectivity index (χ2n) is 6.58. The molecule has 0 atom stereocenters. The van der Waals surface area contributed by atoms with Gasteiger partial charge in [0.15, 0.2) is 0 Å². The van der Waals surface area contributed by atoms with E-state index in [0.717, 1.165) is 11.9 Å². The van der Waals surface area contributed by atoms with Crippen LogP contribution >= 0.6 is 0 Å². The van der Waals surface area contributed by atoms with Crippen molar-refractivity contribution in [3.63, 3.8) is 0 Å². The van der Waals surface area contributed by atoms with E-state index in [1.807, 2.05) is 19.1 Å². The van der Waals surface area contributed by atoms with E-state index in [2.05, 4.69) is 45.9 Å². The molecular weight excluding hydrogens is 295 g/mol. The average molecular weight is 325 g/mol. The molecule has 1 rings (SSSR count). The molecule has 0 unspecified atom stereocenters. The Kier molecular flexibility index (Phi) is 10.7. The Hall–Kier alpha value is 0.00636. The molecule has 0 heterocycles. The van der Waals surface area contributed by atoms with Gasteiger partial charge in [-0.05, 0) is 62.7 Å². The molecule has 0 N–H and O–H groups in total. The summed E-state index contributed by atoms with van der Waals surface area (Å²) in [4.78, 5) is 10.3. The summed E-state index contributed by atoms with van der Waals surface area (Å²) < 4.78 is 0. The topological polar surface area (TPSA) is 17.1 Å². The molecule has 0 saturated carbocycles. The van der Waals surface area contributed by atoms with Gasteiger partial charge in [-0.25, -0.2) is 0 Å². The second kappa shape index (κ2) is 10.7. The van der Waals surface area contributed by atoms with Crippen LogP contribution in [0.25, 0.3) is 0 Å². The Labute approximate surface area is 178 Å². The summed E-state index contributed by atoms with van der Waals surface area (Å²) in [7, 11) is 0. The Bertz CT molecular complexity index is 528. The minimum atomic E-state index is 0. The van der Waals surface area contributed by atoms with Gasteiger partial charge in [0.1, 0.15) is 6.29 Å². The van der Waals surface area contributed by atoms with E-state index in [1.165, 1.54) is 36.0 Å². The van der Waals surface area contributed by atoms with Crippen LogP contribution in [0.3, 0.4) is 0 Å². The molecule has 0 fully saturated rings. The van der Waals surface area contributed by atoms with Crippen LogP contribution in [0.2, 0.25) is 0 Å². The van der Waals surface area contributed by atoms with Gasteiger partial charge in [0, 0.05) is 0 Å². The molecule has 0 aromatic rings. The summed E-state index contributed by atoms with van der Waals surface area (Å²) in [5.41, 5.74) is 5.48. The number of aldehydes is 1. The molecule has 0 saturated heterocycles. The van der Waals surface area contributed by atoms with Gasteiger partial charge in [-0.1, -0.05) is 55.4 Å². The average Bonchev–Trinajstić information content (AvgIpc) is 2.37. The van der Waals surface area contributed by atoms with Crippen molar-refractivity contribution in [1.29, 1.82) is 0 Å². The molecule has 0 aliphatic heterocycles. The van der Waals surface area contributed by atoms with Gasteiger partial charge < -0.3 is 0 Å². The molecule has 0 aromatic carbocycles. The van der Waals surface area contributed by atoms with Crippen LogP contribution in [0.1, 0.15) is 53.9 Å². The van der Waals surface area contributed by atoms with Crippen LogP contribution in [-0.4, -0.2) is 57.7 Å². The maximum atomic E-state index is 10.3. The summed E-state index contributed by atoms with van der Waals surface area (Å²) in [6.45, 7) is 10.9. The van der Waals surface area contributed by atoms with Gasteiger partial charge in [0.25, 0.3) is 0 Å². The molecule has 0 spiro atoms. The molecule has 116 valence electrons. The molecule has 1 aliphatic carbocycles. The van der Waals surface area contributed by atoms with Crippen molar-refractivity contribution in [1.82, 2.24) is 0 Å². The van der Waals surface area contributed by atoms with Crippen molar-refractivity contribution in [2.45, 2.75) is 53.9 Å². The Morgan fingerprint density at radius 2 is 1.73 bits per heavy atom. The third kappa shape index (κ3) is 7.52. The number of allylic oxidation sites excluding steroid dienone is 10. The first-order valence-electron chi connectivity index (χ1n) is 7.72. The summed E-state index contributed by atoms with van der Waals surface area (Å²) in [6, 6.07) is 0. The van der Waals surface area contributed by atoms with Gasteiger partial charge in [0.05, 0.1) is 0 Å². The van der Waals surface area contributed by atoms with Gasteiger partial charge in [0.2, 0.25) is 0 Å². The SMILES string of the molecule is CC(C=CC=C(C)C=CC1=C(C)CCCC1(C)C)=CC=O.[KH]. The van der Waals surface area contributed by atoms with E-state index in [9.17, 15) is 4.79 Å². The molecule has 0 radical (unpaired) electrons. The third-order valence-corrected chi connectivity index (χ3v) is 4.10. The zero-order valence-electron chi connectivity index (χ0n) is 14.1. The predicted octanol–water partition coefficient (Wildman–Crippen LogP) is 5.07. The van der Waals surface area contributed by atoms with Gasteiger partial charge >= 0.3 is 51.4 Å². The predicted molar refractivity (Wildman–Crippen MR) is 99.3 cm³/mol. The number of hydrogen-bond donors (Lipinski definition) is 0. The molecule has 2 heteroatoms. The molecule has 22 heavy (non-hydrogen) atoms. The van der Waals surface area contributed by atoms with E-state index in [-0.39, 0.29) is 56.8 Å². The van der Waals surface area contributed by atoms with Crippen molar-refractivity contribution >= 4 is 57.7 Å². The van der Waals surface area contributed by atoms with Crippen molar-refractivity contribution in [2.24, 2.45) is 5.41 Å². The third-order valence-electron chi connectivity index (χ3n) is 4.10. The zero-order chi connectivity index (χ0) is 15.9. The summed E-state index contributed by atoms with van der Waals surface area (Å²) in [6.07, 6.45) is 16.6. The fourth-order valence-electron chi connectivity index (χ4n) is 2.80. The van der Waals surface area contributed by atoms with Crippen LogP contribution in [0, 0.1) is 5.41 Å². The quantitative estimate of drug-likeness (QED) is 0.299. The van der Waals surface area contributed by atoms with Gasteiger partial charge in [-0.2, -0.15) is 0 Å². The van der Waals surface area contributed by atoms with Crippen LogP contribution in [0.15, 0.2) is 58.7 Å². The number of hydrogen-bond acceptors (Lipinski definition) is 1. The van der Waals surface area contributed by atoms with E-state index in [1.54, 1.807) is 6.08 Å². The maximum absolute atomic E-state index is 10.3. The normalized spacial score (nSPS) is 19.7. The van der Waals surface area contributed by atoms with Crippen molar-refractivity contribution in [3.8, 4) is 0 Å². The zero-order valence-corrected chi connectivity index (χ0v) is 14.1. The van der Waals surface area contributed by atoms with E-state index in [0.29, 0.717) is 0 Å². The van der Waals surface area contributed by atoms with Crippen LogP contribution < -0.4 is 0 Å². The monoisotopic (exact) mass is 324 g/mol. The Balaban J connectivity index is 0.00000441. The first-order valence-corrected chi connectivity index (χ1v) is 7.72. The molecule has 0 amide bonds. The van der Waals surface area contributed by atoms with Crippen molar-refractivity contribution in [3.05, 3.63) is 58.7 Å². The molecule has 0 bridgehead atoms. The van der Waals surface area contributed by atoms with E-state index in [4.69, 9.17) is 0 Å². The second-order valence-corrected chi connectivity index (χ2v) is 6.58. The standard InChI is InChI=1S/C20H28O.K.H/c1-16(8-6-9-17(2)13-15-21)11-12-19-18(3)10-7-14-20(19,4)5;;/h6,8-9,11-13,15H,7,10,14H2,1-5H3;;. The van der Waals surface area contributed by atoms with Gasteiger partial charge in [-0.3, -0.25) is 4.79 Å². The summed E-state index contributed by atoms with van der Waals surface area (Å²) >= 11 is 0. The van der Waals surface area contributed by atoms with Crippen molar-refractivity contribution in [2.75, 3.05) is 0 Å². The molecular formula is C20H29KO. The Morgan fingerprint density at radius 3 is 2.32 bits per heavy atom. The first kappa shape index (κ1) is 22.0. The summed E-state index contributed by atoms with van der Waals surface area (Å²) in [5, 5.41) is 0. The molecule has 0 aromatic heterocycles. The van der Waals surface area contributed by atoms with E-state index >= 15 is 0 Å². The number of rotatable bonds is 5. The van der Waals surface area contributed by atoms with Crippen molar-refractivity contribution < 1.29 is 4.79 Å². The van der Waals surface area contributed by atoms with Gasteiger partial charge in [-0.15, -0.1) is 0 Å². The number of carbonyl (C=O) groups is 1. The van der Waals surface area contributed by atoms with E-state index < -0.39 is 0 Å². The van der Waals surface area contributed by atoms with Crippen LogP contribution in [0.4, 0.5) is 0 Å². The molecule has 1 aliphatic rings.